The van der Waals surface area contributed by atoms with Crippen molar-refractivity contribution in [2.24, 2.45) is 11.8 Å². The van der Waals surface area contributed by atoms with Crippen LogP contribution >= 0.6 is 11.6 Å². The van der Waals surface area contributed by atoms with Gasteiger partial charge in [-0.1, -0.05) is 37.4 Å². The van der Waals surface area contributed by atoms with Gasteiger partial charge in [0, 0.05) is 36.8 Å². The number of halogens is 2. The van der Waals surface area contributed by atoms with Gasteiger partial charge in [0.1, 0.15) is 11.5 Å². The van der Waals surface area contributed by atoms with Crippen molar-refractivity contribution in [1.82, 2.24) is 14.5 Å². The van der Waals surface area contributed by atoms with E-state index < -0.39 is 5.82 Å². The zero-order chi connectivity index (χ0) is 22.2. The van der Waals surface area contributed by atoms with Gasteiger partial charge in [0.05, 0.1) is 11.6 Å². The minimum absolute atomic E-state index is 0.125. The highest BCUT2D eigenvalue weighted by molar-refractivity contribution is 6.30. The van der Waals surface area contributed by atoms with Crippen molar-refractivity contribution in [3.8, 4) is 0 Å². The molecule has 32 heavy (non-hydrogen) atoms. The van der Waals surface area contributed by atoms with Crippen LogP contribution in [0.25, 0.3) is 11.0 Å². The van der Waals surface area contributed by atoms with Crippen LogP contribution in [0.3, 0.4) is 0 Å². The van der Waals surface area contributed by atoms with Crippen molar-refractivity contribution >= 4 is 28.5 Å². The SMILES string of the molecule is CC1CCC(CC(=O)N2CCc3c(n(Cc4ccc(Cl)c(F)c4)c4ncccc34)C2)CC1. The Morgan fingerprint density at radius 1 is 1.22 bits per heavy atom. The third kappa shape index (κ3) is 4.15. The number of amides is 1. The number of aromatic nitrogens is 2. The van der Waals surface area contributed by atoms with Gasteiger partial charge < -0.3 is 9.47 Å². The van der Waals surface area contributed by atoms with Crippen LogP contribution in [-0.2, 0) is 24.3 Å². The molecule has 0 spiro atoms. The zero-order valence-corrected chi connectivity index (χ0v) is 19.2. The highest BCUT2D eigenvalue weighted by Gasteiger charge is 2.29. The molecule has 1 aromatic carbocycles. The van der Waals surface area contributed by atoms with E-state index in [4.69, 9.17) is 11.6 Å². The van der Waals surface area contributed by atoms with Crippen molar-refractivity contribution in [2.45, 2.75) is 58.5 Å². The van der Waals surface area contributed by atoms with E-state index in [-0.39, 0.29) is 10.9 Å². The van der Waals surface area contributed by atoms with E-state index in [1.165, 1.54) is 24.5 Å². The number of nitrogens with zero attached hydrogens (tertiary/aromatic N) is 3. The molecule has 1 aliphatic heterocycles. The average Bonchev–Trinajstić information content (AvgIpc) is 3.11. The molecule has 4 nitrogen and oxygen atoms in total. The molecule has 1 aliphatic carbocycles. The Balaban J connectivity index is 1.41. The summed E-state index contributed by atoms with van der Waals surface area (Å²) in [4.78, 5) is 19.8. The Hall–Kier alpha value is -2.40. The fourth-order valence-corrected chi connectivity index (χ4v) is 5.49. The van der Waals surface area contributed by atoms with Gasteiger partial charge in [0.15, 0.2) is 0 Å². The lowest BCUT2D eigenvalue weighted by Crippen LogP contribution is -2.37. The van der Waals surface area contributed by atoms with Crippen molar-refractivity contribution in [3.63, 3.8) is 0 Å². The largest absolute Gasteiger partial charge is 0.337 e. The molecular formula is C26H29ClFN3O. The van der Waals surface area contributed by atoms with E-state index >= 15 is 0 Å². The summed E-state index contributed by atoms with van der Waals surface area (Å²) in [7, 11) is 0. The first-order valence-electron chi connectivity index (χ1n) is 11.7. The highest BCUT2D eigenvalue weighted by atomic mass is 35.5. The lowest BCUT2D eigenvalue weighted by atomic mass is 9.81. The van der Waals surface area contributed by atoms with Gasteiger partial charge in [-0.05, 0) is 66.5 Å². The molecule has 2 aliphatic rings. The van der Waals surface area contributed by atoms with E-state index in [9.17, 15) is 9.18 Å². The first-order valence-corrected chi connectivity index (χ1v) is 12.0. The Labute approximate surface area is 193 Å². The Bertz CT molecular complexity index is 1150. The van der Waals surface area contributed by atoms with Crippen LogP contribution in [0.5, 0.6) is 0 Å². The Kier molecular flexibility index (Phi) is 5.93. The van der Waals surface area contributed by atoms with Crippen molar-refractivity contribution in [1.29, 1.82) is 0 Å². The summed E-state index contributed by atoms with van der Waals surface area (Å²) in [6, 6.07) is 8.98. The normalized spacial score (nSPS) is 21.0. The second-order valence-corrected chi connectivity index (χ2v) is 9.94. The number of carbonyl (C=O) groups is 1. The van der Waals surface area contributed by atoms with Crippen LogP contribution in [0.2, 0.25) is 5.02 Å². The van der Waals surface area contributed by atoms with Crippen LogP contribution in [0.4, 0.5) is 4.39 Å². The molecular weight excluding hydrogens is 425 g/mol. The number of hydrogen-bond acceptors (Lipinski definition) is 2. The number of rotatable bonds is 4. The second kappa shape index (κ2) is 8.86. The van der Waals surface area contributed by atoms with E-state index in [2.05, 4.69) is 22.5 Å². The van der Waals surface area contributed by atoms with E-state index in [0.29, 0.717) is 25.4 Å². The molecule has 0 saturated heterocycles. The van der Waals surface area contributed by atoms with E-state index in [1.807, 2.05) is 17.0 Å². The number of hydrogen-bond donors (Lipinski definition) is 0. The Morgan fingerprint density at radius 2 is 2.03 bits per heavy atom. The summed E-state index contributed by atoms with van der Waals surface area (Å²) in [5, 5.41) is 1.26. The first-order chi connectivity index (χ1) is 15.5. The van der Waals surface area contributed by atoms with Gasteiger partial charge in [-0.15, -0.1) is 0 Å². The molecule has 0 radical (unpaired) electrons. The second-order valence-electron chi connectivity index (χ2n) is 9.53. The molecule has 3 aromatic rings. The molecule has 0 N–H and O–H groups in total. The molecule has 3 heterocycles. The van der Waals surface area contributed by atoms with Crippen molar-refractivity contribution < 1.29 is 9.18 Å². The van der Waals surface area contributed by atoms with Crippen LogP contribution < -0.4 is 0 Å². The lowest BCUT2D eigenvalue weighted by molar-refractivity contribution is -0.133. The molecule has 168 valence electrons. The average molecular weight is 454 g/mol. The molecule has 0 bridgehead atoms. The third-order valence-electron chi connectivity index (χ3n) is 7.29. The quantitative estimate of drug-likeness (QED) is 0.487. The van der Waals surface area contributed by atoms with Gasteiger partial charge in [0.25, 0.3) is 0 Å². The first kappa shape index (κ1) is 21.4. The highest BCUT2D eigenvalue weighted by Crippen LogP contribution is 2.33. The molecule has 0 atom stereocenters. The van der Waals surface area contributed by atoms with Crippen LogP contribution in [0, 0.1) is 17.7 Å². The fourth-order valence-electron chi connectivity index (χ4n) is 5.37. The van der Waals surface area contributed by atoms with Gasteiger partial charge in [-0.2, -0.15) is 0 Å². The summed E-state index contributed by atoms with van der Waals surface area (Å²) in [5.74, 6) is 1.16. The molecule has 5 rings (SSSR count). The van der Waals surface area contributed by atoms with Gasteiger partial charge in [0.2, 0.25) is 5.91 Å². The minimum Gasteiger partial charge on any atom is -0.337 e. The minimum atomic E-state index is -0.416. The smallest absolute Gasteiger partial charge is 0.223 e. The maximum atomic E-state index is 14.1. The van der Waals surface area contributed by atoms with Gasteiger partial charge >= 0.3 is 0 Å². The van der Waals surface area contributed by atoms with Gasteiger partial charge in [-0.3, -0.25) is 4.79 Å². The predicted octanol–water partition coefficient (Wildman–Crippen LogP) is 5.98. The number of benzene rings is 1. The molecule has 1 saturated carbocycles. The summed E-state index contributed by atoms with van der Waals surface area (Å²) < 4.78 is 16.2. The predicted molar refractivity (Wildman–Crippen MR) is 125 cm³/mol. The van der Waals surface area contributed by atoms with E-state index in [0.717, 1.165) is 54.0 Å². The maximum Gasteiger partial charge on any atom is 0.223 e. The molecule has 1 fully saturated rings. The van der Waals surface area contributed by atoms with Crippen LogP contribution in [0.1, 0.15) is 55.8 Å². The summed E-state index contributed by atoms with van der Waals surface area (Å²) in [6.45, 7) is 4.14. The number of carbonyl (C=O) groups excluding carboxylic acids is 1. The summed E-state index contributed by atoms with van der Waals surface area (Å²) in [6.07, 6.45) is 8.07. The number of fused-ring (bicyclic) bond motifs is 3. The molecule has 2 aromatic heterocycles. The maximum absolute atomic E-state index is 14.1. The zero-order valence-electron chi connectivity index (χ0n) is 18.5. The third-order valence-corrected chi connectivity index (χ3v) is 7.60. The summed E-state index contributed by atoms with van der Waals surface area (Å²) >= 11 is 5.88. The van der Waals surface area contributed by atoms with Crippen molar-refractivity contribution in [3.05, 3.63) is 64.2 Å². The molecule has 1 amide bonds. The van der Waals surface area contributed by atoms with Gasteiger partial charge in [-0.25, -0.2) is 9.37 Å². The monoisotopic (exact) mass is 453 g/mol. The van der Waals surface area contributed by atoms with Crippen LogP contribution in [0.15, 0.2) is 36.5 Å². The Morgan fingerprint density at radius 3 is 2.81 bits per heavy atom. The lowest BCUT2D eigenvalue weighted by Gasteiger charge is -2.31. The van der Waals surface area contributed by atoms with Crippen LogP contribution in [-0.4, -0.2) is 26.9 Å². The summed E-state index contributed by atoms with van der Waals surface area (Å²) in [5.41, 5.74) is 4.10. The van der Waals surface area contributed by atoms with Crippen molar-refractivity contribution in [2.75, 3.05) is 6.54 Å². The fraction of sp³-hybridized carbons (Fsp3) is 0.462. The standard InChI is InChI=1S/C26H29ClFN3O/c1-17-4-6-18(7-5-17)14-25(32)30-12-10-20-21-3-2-11-29-26(21)31(24(20)16-30)15-19-8-9-22(27)23(28)13-19/h2-3,8-9,11,13,17-18H,4-7,10,12,14-16H2,1H3. The topological polar surface area (TPSA) is 38.1 Å². The molecule has 6 heteroatoms. The number of pyridine rings is 1. The molecule has 0 unspecified atom stereocenters. The van der Waals surface area contributed by atoms with E-state index in [1.54, 1.807) is 12.3 Å².